The van der Waals surface area contributed by atoms with E-state index in [2.05, 4.69) is 45.1 Å². The summed E-state index contributed by atoms with van der Waals surface area (Å²) >= 11 is 0. The predicted octanol–water partition coefficient (Wildman–Crippen LogP) is 3.39. The Morgan fingerprint density at radius 3 is 2.37 bits per heavy atom. The van der Waals surface area contributed by atoms with Crippen molar-refractivity contribution in [3.63, 3.8) is 0 Å². The molecule has 0 fully saturated rings. The van der Waals surface area contributed by atoms with E-state index in [0.29, 0.717) is 0 Å². The molecule has 0 aliphatic carbocycles. The molecule has 0 aliphatic rings. The molecule has 1 aromatic carbocycles. The van der Waals surface area contributed by atoms with Crippen LogP contribution in [0, 0.1) is 13.8 Å². The first-order valence-corrected chi connectivity index (χ1v) is 6.96. The molecule has 19 heavy (non-hydrogen) atoms. The van der Waals surface area contributed by atoms with Crippen LogP contribution >= 0.6 is 0 Å². The molecule has 3 heteroatoms. The monoisotopic (exact) mass is 265 g/mol. The first-order valence-electron chi connectivity index (χ1n) is 6.96. The van der Waals surface area contributed by atoms with E-state index in [9.17, 15) is 0 Å². The zero-order valence-corrected chi connectivity index (χ0v) is 13.0. The van der Waals surface area contributed by atoms with Crippen molar-refractivity contribution in [2.24, 2.45) is 0 Å². The van der Waals surface area contributed by atoms with Crippen molar-refractivity contribution in [3.8, 4) is 5.75 Å². The van der Waals surface area contributed by atoms with E-state index < -0.39 is 0 Å². The minimum absolute atomic E-state index is 0.137. The van der Waals surface area contributed by atoms with Crippen LogP contribution in [-0.2, 0) is 4.74 Å². The third-order valence-electron chi connectivity index (χ3n) is 3.57. The Morgan fingerprint density at radius 2 is 1.84 bits per heavy atom. The van der Waals surface area contributed by atoms with Gasteiger partial charge in [0, 0.05) is 7.11 Å². The molecule has 0 amide bonds. The number of hydrogen-bond donors (Lipinski definition) is 1. The van der Waals surface area contributed by atoms with Gasteiger partial charge in [-0.1, -0.05) is 13.0 Å². The Balaban J connectivity index is 3.10. The van der Waals surface area contributed by atoms with Crippen molar-refractivity contribution in [2.45, 2.75) is 46.3 Å². The maximum absolute atomic E-state index is 5.52. The summed E-state index contributed by atoms with van der Waals surface area (Å²) in [6.45, 7) is 9.47. The second kappa shape index (κ2) is 7.51. The summed E-state index contributed by atoms with van der Waals surface area (Å²) in [6.07, 6.45) is 1.25. The quantitative estimate of drug-likeness (QED) is 0.819. The van der Waals surface area contributed by atoms with Crippen molar-refractivity contribution in [2.75, 3.05) is 20.8 Å². The third kappa shape index (κ3) is 3.95. The van der Waals surface area contributed by atoms with E-state index in [4.69, 9.17) is 9.47 Å². The molecule has 0 aromatic heterocycles. The molecule has 0 aliphatic heterocycles. The second-order valence-corrected chi connectivity index (χ2v) is 5.05. The third-order valence-corrected chi connectivity index (χ3v) is 3.57. The number of nitrogens with one attached hydrogen (secondary N) is 1. The average Bonchev–Trinajstić information content (AvgIpc) is 2.41. The van der Waals surface area contributed by atoms with Crippen molar-refractivity contribution in [3.05, 3.63) is 28.8 Å². The fourth-order valence-corrected chi connectivity index (χ4v) is 2.33. The van der Waals surface area contributed by atoms with E-state index in [1.807, 2.05) is 0 Å². The molecule has 1 aromatic rings. The van der Waals surface area contributed by atoms with E-state index in [1.165, 1.54) is 11.1 Å². The van der Waals surface area contributed by atoms with Crippen LogP contribution in [0.3, 0.4) is 0 Å². The Bertz CT molecular complexity index is 404. The van der Waals surface area contributed by atoms with Crippen molar-refractivity contribution in [1.29, 1.82) is 0 Å². The number of benzene rings is 1. The van der Waals surface area contributed by atoms with Crippen molar-refractivity contribution < 1.29 is 9.47 Å². The predicted molar refractivity (Wildman–Crippen MR) is 80.0 cm³/mol. The highest BCUT2D eigenvalue weighted by Crippen LogP contribution is 2.29. The molecule has 0 saturated carbocycles. The highest BCUT2D eigenvalue weighted by Gasteiger charge is 2.21. The minimum atomic E-state index is 0.137. The zero-order chi connectivity index (χ0) is 14.4. The highest BCUT2D eigenvalue weighted by molar-refractivity contribution is 5.43. The molecule has 2 unspecified atom stereocenters. The van der Waals surface area contributed by atoms with E-state index in [1.54, 1.807) is 14.2 Å². The van der Waals surface area contributed by atoms with Crippen molar-refractivity contribution in [1.82, 2.24) is 5.32 Å². The van der Waals surface area contributed by atoms with Gasteiger partial charge in [0.25, 0.3) is 0 Å². The largest absolute Gasteiger partial charge is 0.496 e. The highest BCUT2D eigenvalue weighted by atomic mass is 16.5. The number of methoxy groups -OCH3 is 2. The minimum Gasteiger partial charge on any atom is -0.496 e. The molecular formula is C16H27NO2. The summed E-state index contributed by atoms with van der Waals surface area (Å²) in [4.78, 5) is 0. The lowest BCUT2D eigenvalue weighted by atomic mass is 9.95. The molecule has 0 heterocycles. The molecule has 3 nitrogen and oxygen atoms in total. The van der Waals surface area contributed by atoms with Crippen LogP contribution in [-0.4, -0.2) is 26.9 Å². The molecular weight excluding hydrogens is 238 g/mol. The van der Waals surface area contributed by atoms with Gasteiger partial charge in [0.1, 0.15) is 5.75 Å². The molecule has 0 bridgehead atoms. The molecule has 1 N–H and O–H groups in total. The lowest BCUT2D eigenvalue weighted by Gasteiger charge is -2.27. The SMILES string of the molecule is CCCNC(c1cc(C)c(OC)cc1C)C(C)OC. The van der Waals surface area contributed by atoms with E-state index in [0.717, 1.165) is 24.3 Å². The van der Waals surface area contributed by atoms with E-state index in [-0.39, 0.29) is 12.1 Å². The number of hydrogen-bond acceptors (Lipinski definition) is 3. The first-order chi connectivity index (χ1) is 9.04. The summed E-state index contributed by atoms with van der Waals surface area (Å²) in [5.74, 6) is 0.945. The van der Waals surface area contributed by atoms with Gasteiger partial charge in [0.15, 0.2) is 0 Å². The van der Waals surface area contributed by atoms with Gasteiger partial charge >= 0.3 is 0 Å². The topological polar surface area (TPSA) is 30.5 Å². The zero-order valence-electron chi connectivity index (χ0n) is 13.0. The Hall–Kier alpha value is -1.06. The Kier molecular flexibility index (Phi) is 6.32. The van der Waals surface area contributed by atoms with Gasteiger partial charge in [-0.15, -0.1) is 0 Å². The second-order valence-electron chi connectivity index (χ2n) is 5.05. The Labute approximate surface area is 117 Å². The first kappa shape index (κ1) is 16.0. The molecule has 108 valence electrons. The van der Waals surface area contributed by atoms with Crippen LogP contribution in [0.25, 0.3) is 0 Å². The van der Waals surface area contributed by atoms with Crippen LogP contribution in [0.15, 0.2) is 12.1 Å². The van der Waals surface area contributed by atoms with Crippen LogP contribution in [0.5, 0.6) is 5.75 Å². The summed E-state index contributed by atoms with van der Waals surface area (Å²) in [5, 5.41) is 3.58. The smallest absolute Gasteiger partial charge is 0.122 e. The van der Waals surface area contributed by atoms with Crippen LogP contribution < -0.4 is 10.1 Å². The molecule has 2 atom stereocenters. The standard InChI is InChI=1S/C16H27NO2/c1-7-8-17-16(13(4)18-5)14-9-12(3)15(19-6)10-11(14)2/h9-10,13,16-17H,7-8H2,1-6H3. The van der Waals surface area contributed by atoms with Crippen LogP contribution in [0.1, 0.15) is 43.0 Å². The molecule has 0 saturated heterocycles. The maximum atomic E-state index is 5.52. The van der Waals surface area contributed by atoms with E-state index >= 15 is 0 Å². The number of rotatable bonds is 7. The van der Waals surface area contributed by atoms with Crippen LogP contribution in [0.2, 0.25) is 0 Å². The summed E-state index contributed by atoms with van der Waals surface area (Å²) in [7, 11) is 3.48. The average molecular weight is 265 g/mol. The van der Waals surface area contributed by atoms with Gasteiger partial charge in [-0.05, 0) is 56.5 Å². The Morgan fingerprint density at radius 1 is 1.16 bits per heavy atom. The lowest BCUT2D eigenvalue weighted by molar-refractivity contribution is 0.0828. The van der Waals surface area contributed by atoms with Gasteiger partial charge < -0.3 is 14.8 Å². The van der Waals surface area contributed by atoms with Gasteiger partial charge in [0.2, 0.25) is 0 Å². The van der Waals surface area contributed by atoms with Gasteiger partial charge in [-0.25, -0.2) is 0 Å². The van der Waals surface area contributed by atoms with Gasteiger partial charge in [-0.3, -0.25) is 0 Å². The molecule has 1 rings (SSSR count). The summed E-state index contributed by atoms with van der Waals surface area (Å²) < 4.78 is 10.9. The fourth-order valence-electron chi connectivity index (χ4n) is 2.33. The van der Waals surface area contributed by atoms with Gasteiger partial charge in [0.05, 0.1) is 19.3 Å². The van der Waals surface area contributed by atoms with Crippen molar-refractivity contribution >= 4 is 0 Å². The lowest BCUT2D eigenvalue weighted by Crippen LogP contribution is -2.32. The summed E-state index contributed by atoms with van der Waals surface area (Å²) in [6, 6.07) is 4.53. The normalized spacial score (nSPS) is 14.2. The molecule has 0 spiro atoms. The van der Waals surface area contributed by atoms with Gasteiger partial charge in [-0.2, -0.15) is 0 Å². The number of ether oxygens (including phenoxy) is 2. The fraction of sp³-hybridized carbons (Fsp3) is 0.625. The molecule has 0 radical (unpaired) electrons. The van der Waals surface area contributed by atoms with Crippen LogP contribution in [0.4, 0.5) is 0 Å². The number of aryl methyl sites for hydroxylation is 2. The summed E-state index contributed by atoms with van der Waals surface area (Å²) in [5.41, 5.74) is 3.69. The maximum Gasteiger partial charge on any atom is 0.122 e.